The van der Waals surface area contributed by atoms with Crippen LogP contribution in [-0.4, -0.2) is 45.8 Å². The minimum absolute atomic E-state index is 0.121. The average Bonchev–Trinajstić information content (AvgIpc) is 2.70. The highest BCUT2D eigenvalue weighted by molar-refractivity contribution is 5.93. The summed E-state index contributed by atoms with van der Waals surface area (Å²) < 4.78 is 16.6. The van der Waals surface area contributed by atoms with Crippen LogP contribution < -0.4 is 30.2 Å². The second kappa shape index (κ2) is 11.4. The Balaban J connectivity index is 1.85. The van der Waals surface area contributed by atoms with Crippen molar-refractivity contribution in [1.82, 2.24) is 5.32 Å². The van der Waals surface area contributed by atoms with E-state index in [0.29, 0.717) is 48.7 Å². The first-order valence-electron chi connectivity index (χ1n) is 9.34. The van der Waals surface area contributed by atoms with E-state index in [9.17, 15) is 4.79 Å². The van der Waals surface area contributed by atoms with E-state index in [2.05, 4.69) is 20.9 Å². The van der Waals surface area contributed by atoms with Gasteiger partial charge in [-0.2, -0.15) is 0 Å². The third-order valence-electron chi connectivity index (χ3n) is 3.77. The lowest BCUT2D eigenvalue weighted by molar-refractivity contribution is -0.114. The molecule has 0 atom stereocenters. The zero-order valence-corrected chi connectivity index (χ0v) is 17.2. The van der Waals surface area contributed by atoms with Crippen molar-refractivity contribution in [2.45, 2.75) is 13.8 Å². The van der Waals surface area contributed by atoms with Crippen LogP contribution in [0.15, 0.2) is 47.5 Å². The molecule has 2 aromatic rings. The van der Waals surface area contributed by atoms with Gasteiger partial charge in [0, 0.05) is 37.5 Å². The van der Waals surface area contributed by atoms with Crippen LogP contribution in [0, 0.1) is 0 Å². The van der Waals surface area contributed by atoms with Crippen molar-refractivity contribution < 1.29 is 19.0 Å². The molecule has 29 heavy (non-hydrogen) atoms. The Labute approximate surface area is 171 Å². The Bertz CT molecular complexity index is 839. The van der Waals surface area contributed by atoms with Gasteiger partial charge in [0.25, 0.3) is 0 Å². The van der Waals surface area contributed by atoms with Crippen molar-refractivity contribution in [3.05, 3.63) is 42.5 Å². The smallest absolute Gasteiger partial charge is 0.221 e. The third-order valence-corrected chi connectivity index (χ3v) is 3.77. The Hall–Kier alpha value is -3.42. The normalized spacial score (nSPS) is 10.8. The van der Waals surface area contributed by atoms with Crippen molar-refractivity contribution in [2.75, 3.05) is 44.5 Å². The number of rotatable bonds is 9. The molecule has 0 spiro atoms. The number of amides is 1. The summed E-state index contributed by atoms with van der Waals surface area (Å²) in [4.78, 5) is 15.4. The first-order chi connectivity index (χ1) is 14.0. The second-order valence-corrected chi connectivity index (χ2v) is 5.98. The molecule has 8 nitrogen and oxygen atoms in total. The number of carbonyl (C=O) groups excluding carboxylic acids is 1. The number of nitrogens with zero attached hydrogens (tertiary/aromatic N) is 1. The number of carbonyl (C=O) groups is 1. The predicted octanol–water partition coefficient (Wildman–Crippen LogP) is 3.12. The predicted molar refractivity (Wildman–Crippen MR) is 115 cm³/mol. The summed E-state index contributed by atoms with van der Waals surface area (Å²) >= 11 is 0. The Kier molecular flexibility index (Phi) is 8.62. The molecule has 0 aliphatic carbocycles. The molecule has 156 valence electrons. The molecule has 3 N–H and O–H groups in total. The highest BCUT2D eigenvalue weighted by Crippen LogP contribution is 2.30. The molecule has 0 heterocycles. The summed E-state index contributed by atoms with van der Waals surface area (Å²) in [6.07, 6.45) is 0. The van der Waals surface area contributed by atoms with Gasteiger partial charge in [-0.1, -0.05) is 6.07 Å². The molecule has 2 aromatic carbocycles. The van der Waals surface area contributed by atoms with Gasteiger partial charge in [-0.25, -0.2) is 0 Å². The number of methoxy groups -OCH3 is 1. The Morgan fingerprint density at radius 3 is 2.52 bits per heavy atom. The number of guanidine groups is 1. The van der Waals surface area contributed by atoms with Crippen molar-refractivity contribution in [2.24, 2.45) is 4.99 Å². The quantitative estimate of drug-likeness (QED) is 0.340. The third kappa shape index (κ3) is 7.25. The highest BCUT2D eigenvalue weighted by Gasteiger charge is 2.07. The number of aliphatic imine (C=N–C) groups is 1. The zero-order chi connectivity index (χ0) is 21.1. The van der Waals surface area contributed by atoms with Gasteiger partial charge in [-0.15, -0.1) is 0 Å². The molecule has 0 aliphatic heterocycles. The van der Waals surface area contributed by atoms with Crippen LogP contribution in [0.4, 0.5) is 11.4 Å². The minimum atomic E-state index is -0.121. The molecule has 0 fully saturated rings. The fourth-order valence-electron chi connectivity index (χ4n) is 2.54. The first-order valence-corrected chi connectivity index (χ1v) is 9.34. The summed E-state index contributed by atoms with van der Waals surface area (Å²) in [5, 5.41) is 9.12. The molecule has 0 saturated heterocycles. The van der Waals surface area contributed by atoms with E-state index in [1.54, 1.807) is 20.2 Å². The lowest BCUT2D eigenvalue weighted by Crippen LogP contribution is -2.33. The van der Waals surface area contributed by atoms with Gasteiger partial charge in [-0.3, -0.25) is 9.79 Å². The maximum atomic E-state index is 11.1. The van der Waals surface area contributed by atoms with Crippen molar-refractivity contribution >= 4 is 23.2 Å². The van der Waals surface area contributed by atoms with Crippen LogP contribution in [0.25, 0.3) is 0 Å². The Morgan fingerprint density at radius 1 is 1.03 bits per heavy atom. The molecule has 0 saturated carbocycles. The summed E-state index contributed by atoms with van der Waals surface area (Å²) in [5.74, 6) is 2.50. The first kappa shape index (κ1) is 21.9. The summed E-state index contributed by atoms with van der Waals surface area (Å²) in [6.45, 7) is 4.91. The number of hydrogen-bond acceptors (Lipinski definition) is 5. The van der Waals surface area contributed by atoms with Crippen molar-refractivity contribution in [3.8, 4) is 17.2 Å². The fourth-order valence-corrected chi connectivity index (χ4v) is 2.54. The van der Waals surface area contributed by atoms with Gasteiger partial charge in [0.15, 0.2) is 17.5 Å². The molecular weight excluding hydrogens is 372 g/mol. The van der Waals surface area contributed by atoms with Crippen LogP contribution in [0.5, 0.6) is 17.2 Å². The lowest BCUT2D eigenvalue weighted by atomic mass is 10.2. The number of ether oxygens (including phenoxy) is 3. The van der Waals surface area contributed by atoms with E-state index >= 15 is 0 Å². The maximum Gasteiger partial charge on any atom is 0.221 e. The number of anilines is 2. The van der Waals surface area contributed by atoms with Crippen LogP contribution in [0.2, 0.25) is 0 Å². The number of nitrogens with one attached hydrogen (secondary N) is 3. The minimum Gasteiger partial charge on any atom is -0.493 e. The molecule has 1 amide bonds. The SMILES string of the molecule is CCOc1cc(NC(=NC)NCCOc2cccc(NC(C)=O)c2)ccc1OC. The van der Waals surface area contributed by atoms with E-state index in [1.165, 1.54) is 6.92 Å². The van der Waals surface area contributed by atoms with Crippen molar-refractivity contribution in [3.63, 3.8) is 0 Å². The van der Waals surface area contributed by atoms with E-state index < -0.39 is 0 Å². The Morgan fingerprint density at radius 2 is 1.83 bits per heavy atom. The van der Waals surface area contributed by atoms with Gasteiger partial charge in [-0.05, 0) is 31.2 Å². The number of benzene rings is 2. The van der Waals surface area contributed by atoms with Gasteiger partial charge in [0.1, 0.15) is 12.4 Å². The van der Waals surface area contributed by atoms with Crippen LogP contribution >= 0.6 is 0 Å². The molecule has 8 heteroatoms. The standard InChI is InChI=1S/C21H28N4O4/c1-5-28-20-14-17(9-10-19(20)27-4)25-21(22-3)23-11-12-29-18-8-6-7-16(13-18)24-15(2)26/h6-10,13-14H,5,11-12H2,1-4H3,(H,24,26)(H2,22,23,25). The van der Waals surface area contributed by atoms with Gasteiger partial charge in [0.2, 0.25) is 5.91 Å². The average molecular weight is 400 g/mol. The van der Waals surface area contributed by atoms with Crippen LogP contribution in [0.3, 0.4) is 0 Å². The largest absolute Gasteiger partial charge is 0.493 e. The van der Waals surface area contributed by atoms with E-state index in [1.807, 2.05) is 43.3 Å². The van der Waals surface area contributed by atoms with Gasteiger partial charge < -0.3 is 30.2 Å². The highest BCUT2D eigenvalue weighted by atomic mass is 16.5. The molecule has 2 rings (SSSR count). The number of hydrogen-bond donors (Lipinski definition) is 3. The molecule has 0 bridgehead atoms. The van der Waals surface area contributed by atoms with Crippen molar-refractivity contribution in [1.29, 1.82) is 0 Å². The molecule has 0 radical (unpaired) electrons. The van der Waals surface area contributed by atoms with E-state index in [-0.39, 0.29) is 5.91 Å². The molecule has 0 aromatic heterocycles. The van der Waals surface area contributed by atoms with Crippen LogP contribution in [-0.2, 0) is 4.79 Å². The molecular formula is C21H28N4O4. The summed E-state index contributed by atoms with van der Waals surface area (Å²) in [5.41, 5.74) is 1.52. The second-order valence-electron chi connectivity index (χ2n) is 5.98. The zero-order valence-electron chi connectivity index (χ0n) is 17.2. The van der Waals surface area contributed by atoms with Gasteiger partial charge in [0.05, 0.1) is 20.3 Å². The molecule has 0 unspecified atom stereocenters. The summed E-state index contributed by atoms with van der Waals surface area (Å²) in [7, 11) is 3.30. The topological polar surface area (TPSA) is 93.2 Å². The maximum absolute atomic E-state index is 11.1. The van der Waals surface area contributed by atoms with Crippen LogP contribution in [0.1, 0.15) is 13.8 Å². The van der Waals surface area contributed by atoms with E-state index in [4.69, 9.17) is 14.2 Å². The fraction of sp³-hybridized carbons (Fsp3) is 0.333. The summed E-state index contributed by atoms with van der Waals surface area (Å²) in [6, 6.07) is 12.8. The monoisotopic (exact) mass is 400 g/mol. The molecule has 0 aliphatic rings. The van der Waals surface area contributed by atoms with Gasteiger partial charge >= 0.3 is 0 Å². The lowest BCUT2D eigenvalue weighted by Gasteiger charge is -2.15. The van der Waals surface area contributed by atoms with E-state index in [0.717, 1.165) is 5.69 Å².